The number of ether oxygens (including phenoxy) is 1. The minimum absolute atomic E-state index is 0.113. The fourth-order valence-corrected chi connectivity index (χ4v) is 4.66. The zero-order chi connectivity index (χ0) is 20.4. The third-order valence-corrected chi connectivity index (χ3v) is 6.46. The molecule has 1 amide bonds. The molecule has 0 aliphatic carbocycles. The van der Waals surface area contributed by atoms with E-state index in [9.17, 15) is 13.2 Å². The highest BCUT2D eigenvalue weighted by Gasteiger charge is 2.37. The van der Waals surface area contributed by atoms with E-state index in [0.29, 0.717) is 10.8 Å². The van der Waals surface area contributed by atoms with Crippen molar-refractivity contribution in [1.29, 1.82) is 0 Å². The maximum absolute atomic E-state index is 13.3. The van der Waals surface area contributed by atoms with Crippen molar-refractivity contribution in [3.63, 3.8) is 0 Å². The Balaban J connectivity index is 1.65. The topological polar surface area (TPSA) is 88.9 Å². The largest absolute Gasteiger partial charge is 0.476 e. The summed E-state index contributed by atoms with van der Waals surface area (Å²) in [4.78, 5) is 12.8. The van der Waals surface area contributed by atoms with Gasteiger partial charge in [-0.3, -0.25) is 9.10 Å². The number of furan rings is 1. The van der Waals surface area contributed by atoms with Crippen LogP contribution in [0.5, 0.6) is 5.75 Å². The Morgan fingerprint density at radius 3 is 2.66 bits per heavy atom. The molecule has 0 saturated heterocycles. The predicted octanol–water partition coefficient (Wildman–Crippen LogP) is 3.21. The van der Waals surface area contributed by atoms with Crippen molar-refractivity contribution in [1.82, 2.24) is 5.32 Å². The Morgan fingerprint density at radius 2 is 1.93 bits per heavy atom. The van der Waals surface area contributed by atoms with Gasteiger partial charge in [-0.25, -0.2) is 8.42 Å². The van der Waals surface area contributed by atoms with Crippen LogP contribution in [0.2, 0.25) is 5.02 Å². The van der Waals surface area contributed by atoms with Crippen molar-refractivity contribution in [3.8, 4) is 5.75 Å². The minimum Gasteiger partial charge on any atom is -0.476 e. The highest BCUT2D eigenvalue weighted by Crippen LogP contribution is 2.38. The summed E-state index contributed by atoms with van der Waals surface area (Å²) in [6.45, 7) is -0.0147. The first-order valence-electron chi connectivity index (χ1n) is 8.79. The molecule has 1 aromatic heterocycles. The summed E-state index contributed by atoms with van der Waals surface area (Å²) >= 11 is 6.08. The van der Waals surface area contributed by atoms with Gasteiger partial charge in [-0.2, -0.15) is 0 Å². The average molecular weight is 433 g/mol. The summed E-state index contributed by atoms with van der Waals surface area (Å²) in [5.74, 6) is 0.392. The first-order valence-corrected chi connectivity index (χ1v) is 10.6. The number of anilines is 1. The number of halogens is 1. The number of amides is 1. The molecule has 150 valence electrons. The molecule has 1 N–H and O–H groups in total. The molecule has 7 nitrogen and oxygen atoms in total. The van der Waals surface area contributed by atoms with Gasteiger partial charge in [-0.05, 0) is 42.5 Å². The molecule has 0 saturated carbocycles. The van der Waals surface area contributed by atoms with Gasteiger partial charge in [0.25, 0.3) is 15.9 Å². The molecule has 0 bridgehead atoms. The molecule has 29 heavy (non-hydrogen) atoms. The SMILES string of the molecule is O=C(NCc1ccco1)[C@H]1CN(S(=O)(=O)c2ccccc2)c2cc(Cl)ccc2O1. The standard InChI is InChI=1S/C20H17ClN2O5S/c21-14-8-9-18-17(11-14)23(29(25,26)16-6-2-1-3-7-16)13-19(28-18)20(24)22-12-15-5-4-10-27-15/h1-11,19H,12-13H2,(H,22,24)/t19-/m1/s1. The van der Waals surface area contributed by atoms with Crippen LogP contribution in [0.25, 0.3) is 0 Å². The first-order chi connectivity index (χ1) is 13.9. The monoisotopic (exact) mass is 432 g/mol. The van der Waals surface area contributed by atoms with E-state index in [0.717, 1.165) is 4.31 Å². The molecule has 4 rings (SSSR count). The summed E-state index contributed by atoms with van der Waals surface area (Å²) < 4.78 is 38.6. The Morgan fingerprint density at radius 1 is 1.14 bits per heavy atom. The van der Waals surface area contributed by atoms with Crippen LogP contribution in [0.15, 0.2) is 76.2 Å². The molecule has 2 heterocycles. The van der Waals surface area contributed by atoms with Crippen LogP contribution in [0.4, 0.5) is 5.69 Å². The molecule has 9 heteroatoms. The van der Waals surface area contributed by atoms with Crippen LogP contribution < -0.4 is 14.4 Å². The number of nitrogens with one attached hydrogen (secondary N) is 1. The molecule has 0 spiro atoms. The number of nitrogens with zero attached hydrogens (tertiary/aromatic N) is 1. The molecule has 1 aliphatic heterocycles. The molecular formula is C20H17ClN2O5S. The second-order valence-corrected chi connectivity index (χ2v) is 8.66. The normalized spacial score (nSPS) is 16.0. The first kappa shape index (κ1) is 19.4. The zero-order valence-corrected chi connectivity index (χ0v) is 16.7. The fourth-order valence-electron chi connectivity index (χ4n) is 3.01. The molecule has 0 unspecified atom stereocenters. The van der Waals surface area contributed by atoms with E-state index in [1.165, 1.54) is 24.5 Å². The van der Waals surface area contributed by atoms with E-state index in [1.807, 2.05) is 0 Å². The number of sulfonamides is 1. The highest BCUT2D eigenvalue weighted by molar-refractivity contribution is 7.92. The third-order valence-electron chi connectivity index (χ3n) is 4.43. The van der Waals surface area contributed by atoms with Gasteiger partial charge in [-0.15, -0.1) is 0 Å². The molecule has 2 aromatic carbocycles. The van der Waals surface area contributed by atoms with E-state index in [-0.39, 0.29) is 29.4 Å². The maximum atomic E-state index is 13.3. The number of carbonyl (C=O) groups excluding carboxylic acids is 1. The number of rotatable bonds is 5. The number of carbonyl (C=O) groups is 1. The summed E-state index contributed by atoms with van der Waals surface area (Å²) in [6, 6.07) is 16.1. The summed E-state index contributed by atoms with van der Waals surface area (Å²) in [5, 5.41) is 3.07. The summed E-state index contributed by atoms with van der Waals surface area (Å²) in [5.41, 5.74) is 0.288. The van der Waals surface area contributed by atoms with Crippen molar-refractivity contribution >= 4 is 33.2 Å². The van der Waals surface area contributed by atoms with Crippen molar-refractivity contribution < 1.29 is 22.4 Å². The number of benzene rings is 2. The van der Waals surface area contributed by atoms with Crippen molar-refractivity contribution in [2.75, 3.05) is 10.8 Å². The zero-order valence-electron chi connectivity index (χ0n) is 15.1. The van der Waals surface area contributed by atoms with Gasteiger partial charge >= 0.3 is 0 Å². The van der Waals surface area contributed by atoms with Crippen LogP contribution in [-0.4, -0.2) is 27.0 Å². The fraction of sp³-hybridized carbons (Fsp3) is 0.150. The molecule has 1 atom stereocenters. The summed E-state index contributed by atoms with van der Waals surface area (Å²) in [7, 11) is -3.92. The van der Waals surface area contributed by atoms with Gasteiger partial charge in [0.05, 0.1) is 29.9 Å². The number of hydrogen-bond acceptors (Lipinski definition) is 5. The molecule has 3 aromatic rings. The van der Waals surface area contributed by atoms with E-state index in [4.69, 9.17) is 20.8 Å². The lowest BCUT2D eigenvalue weighted by atomic mass is 10.2. The van der Waals surface area contributed by atoms with E-state index in [1.54, 1.807) is 42.5 Å². The van der Waals surface area contributed by atoms with Crippen LogP contribution in [0.1, 0.15) is 5.76 Å². The Hall–Kier alpha value is -2.97. The van der Waals surface area contributed by atoms with Crippen LogP contribution in [0, 0.1) is 0 Å². The number of fused-ring (bicyclic) bond motifs is 1. The molecule has 1 aliphatic rings. The number of hydrogen-bond donors (Lipinski definition) is 1. The van der Waals surface area contributed by atoms with Gasteiger partial charge in [-0.1, -0.05) is 29.8 Å². The van der Waals surface area contributed by atoms with Gasteiger partial charge in [0.2, 0.25) is 0 Å². The van der Waals surface area contributed by atoms with Gasteiger partial charge < -0.3 is 14.5 Å². The van der Waals surface area contributed by atoms with E-state index < -0.39 is 22.0 Å². The van der Waals surface area contributed by atoms with Gasteiger partial charge in [0.1, 0.15) is 11.5 Å². The smallest absolute Gasteiger partial charge is 0.264 e. The second kappa shape index (κ2) is 7.81. The predicted molar refractivity (Wildman–Crippen MR) is 107 cm³/mol. The Bertz CT molecular complexity index is 1120. The van der Waals surface area contributed by atoms with Gasteiger partial charge in [0, 0.05) is 5.02 Å². The third kappa shape index (κ3) is 3.94. The van der Waals surface area contributed by atoms with E-state index >= 15 is 0 Å². The molecule has 0 fully saturated rings. The van der Waals surface area contributed by atoms with Crippen molar-refractivity contribution in [3.05, 3.63) is 77.7 Å². The van der Waals surface area contributed by atoms with Gasteiger partial charge in [0.15, 0.2) is 6.10 Å². The molecule has 0 radical (unpaired) electrons. The van der Waals surface area contributed by atoms with E-state index in [2.05, 4.69) is 5.32 Å². The maximum Gasteiger partial charge on any atom is 0.264 e. The van der Waals surface area contributed by atoms with Crippen molar-refractivity contribution in [2.24, 2.45) is 0 Å². The minimum atomic E-state index is -3.92. The van der Waals surface area contributed by atoms with Crippen LogP contribution in [-0.2, 0) is 21.4 Å². The highest BCUT2D eigenvalue weighted by atomic mass is 35.5. The Kier molecular flexibility index (Phi) is 5.21. The summed E-state index contributed by atoms with van der Waals surface area (Å²) in [6.07, 6.45) is 0.476. The molecular weight excluding hydrogens is 416 g/mol. The average Bonchev–Trinajstić information content (AvgIpc) is 3.25. The lowest BCUT2D eigenvalue weighted by Crippen LogP contribution is -2.50. The van der Waals surface area contributed by atoms with Crippen molar-refractivity contribution in [2.45, 2.75) is 17.5 Å². The lowest BCUT2D eigenvalue weighted by molar-refractivity contribution is -0.128. The van der Waals surface area contributed by atoms with Crippen LogP contribution >= 0.6 is 11.6 Å². The quantitative estimate of drug-likeness (QED) is 0.668. The second-order valence-electron chi connectivity index (χ2n) is 6.36. The lowest BCUT2D eigenvalue weighted by Gasteiger charge is -2.34. The van der Waals surface area contributed by atoms with Crippen LogP contribution in [0.3, 0.4) is 0 Å². The Labute approximate surface area is 172 Å².